The van der Waals surface area contributed by atoms with Crippen molar-refractivity contribution in [1.29, 1.82) is 0 Å². The zero-order valence-electron chi connectivity index (χ0n) is 19.3. The Hall–Kier alpha value is -2.85. The quantitative estimate of drug-likeness (QED) is 0.605. The molecule has 3 aliphatic rings. The third kappa shape index (κ3) is 4.24. The van der Waals surface area contributed by atoms with Gasteiger partial charge in [-0.05, 0) is 30.2 Å². The predicted molar refractivity (Wildman–Crippen MR) is 118 cm³/mol. The second kappa shape index (κ2) is 8.83. The number of nitrogens with one attached hydrogen (secondary N) is 1. The molecule has 0 spiro atoms. The maximum atomic E-state index is 12.9. The molecule has 180 valence electrons. The van der Waals surface area contributed by atoms with Crippen molar-refractivity contribution < 1.29 is 29.2 Å². The summed E-state index contributed by atoms with van der Waals surface area (Å²) in [5.74, 6) is -0.406. The molecule has 4 rings (SSSR count). The number of fused-ring (bicyclic) bond motifs is 2. The highest BCUT2D eigenvalue weighted by Gasteiger charge is 2.56. The van der Waals surface area contributed by atoms with E-state index in [-0.39, 0.29) is 30.7 Å². The molecule has 0 aliphatic carbocycles. The minimum atomic E-state index is -0.998. The highest BCUT2D eigenvalue weighted by Crippen LogP contribution is 2.45. The van der Waals surface area contributed by atoms with E-state index in [2.05, 4.69) is 5.48 Å². The molecule has 3 fully saturated rings. The van der Waals surface area contributed by atoms with E-state index in [1.807, 2.05) is 51.1 Å². The maximum Gasteiger partial charge on any atom is 0.407 e. The second-order valence-electron chi connectivity index (χ2n) is 9.99. The molecule has 10 heteroatoms. The van der Waals surface area contributed by atoms with E-state index in [1.165, 1.54) is 14.9 Å². The van der Waals surface area contributed by atoms with Crippen molar-refractivity contribution in [2.24, 2.45) is 5.41 Å². The van der Waals surface area contributed by atoms with E-state index >= 15 is 0 Å². The van der Waals surface area contributed by atoms with Crippen molar-refractivity contribution in [3.63, 3.8) is 0 Å². The second-order valence-corrected chi connectivity index (χ2v) is 9.99. The molecule has 2 N–H and O–H groups in total. The van der Waals surface area contributed by atoms with Gasteiger partial charge in [0.05, 0.1) is 18.2 Å². The van der Waals surface area contributed by atoms with Crippen LogP contribution in [0.3, 0.4) is 0 Å². The Kier molecular flexibility index (Phi) is 6.24. The zero-order valence-corrected chi connectivity index (χ0v) is 19.3. The number of hydrogen-bond acceptors (Lipinski definition) is 5. The SMILES string of the molecule is CC(C)(C)[C@]1(CONC(=O)[C@@H]2CC[C@@H]3CN2C(=O)N3OCc2ccccc2)CCN1C(=O)O. The smallest absolute Gasteiger partial charge is 0.407 e. The highest BCUT2D eigenvalue weighted by molar-refractivity contribution is 5.88. The van der Waals surface area contributed by atoms with Crippen molar-refractivity contribution in [3.8, 4) is 0 Å². The van der Waals surface area contributed by atoms with Crippen LogP contribution in [0.25, 0.3) is 0 Å². The van der Waals surface area contributed by atoms with Gasteiger partial charge >= 0.3 is 12.1 Å². The van der Waals surface area contributed by atoms with Gasteiger partial charge in [-0.2, -0.15) is 5.06 Å². The van der Waals surface area contributed by atoms with E-state index in [9.17, 15) is 19.5 Å². The van der Waals surface area contributed by atoms with Crippen molar-refractivity contribution in [2.75, 3.05) is 19.7 Å². The first-order valence-corrected chi connectivity index (χ1v) is 11.3. The minimum Gasteiger partial charge on any atom is -0.465 e. The third-order valence-electron chi connectivity index (χ3n) is 7.22. The number of carboxylic acid groups (broad SMARTS) is 1. The number of carbonyl (C=O) groups excluding carboxylic acids is 2. The first kappa shape index (κ1) is 23.3. The van der Waals surface area contributed by atoms with Gasteiger partial charge < -0.3 is 10.0 Å². The Labute approximate surface area is 193 Å². The molecule has 3 heterocycles. The van der Waals surface area contributed by atoms with Crippen LogP contribution in [0.2, 0.25) is 0 Å². The molecule has 2 bridgehead atoms. The molecule has 0 aromatic heterocycles. The summed E-state index contributed by atoms with van der Waals surface area (Å²) in [5, 5.41) is 10.9. The van der Waals surface area contributed by atoms with E-state index in [4.69, 9.17) is 9.68 Å². The van der Waals surface area contributed by atoms with Gasteiger partial charge in [0.25, 0.3) is 5.91 Å². The predicted octanol–water partition coefficient (Wildman–Crippen LogP) is 2.60. The van der Waals surface area contributed by atoms with E-state index < -0.39 is 23.6 Å². The fourth-order valence-corrected chi connectivity index (χ4v) is 5.00. The van der Waals surface area contributed by atoms with Gasteiger partial charge in [-0.3, -0.25) is 19.4 Å². The Morgan fingerprint density at radius 2 is 1.94 bits per heavy atom. The molecule has 0 unspecified atom stereocenters. The standard InChI is InChI=1S/C23H32N4O6/c1-22(2,3)23(11-12-26(23)21(30)31)15-32-24-19(28)18-10-9-17-13-25(18)20(29)27(17)33-14-16-7-5-4-6-8-16/h4-8,17-18H,9-15H2,1-3H3,(H,24,28)(H,30,31)/t17-,18+,23-/m1/s1. The lowest BCUT2D eigenvalue weighted by molar-refractivity contribution is -0.158. The first-order chi connectivity index (χ1) is 15.6. The molecular formula is C23H32N4O6. The Morgan fingerprint density at radius 1 is 1.21 bits per heavy atom. The summed E-state index contributed by atoms with van der Waals surface area (Å²) in [7, 11) is 0. The molecule has 0 radical (unpaired) electrons. The number of likely N-dealkylation sites (tertiary alicyclic amines) is 1. The zero-order chi connectivity index (χ0) is 23.8. The van der Waals surface area contributed by atoms with Crippen LogP contribution in [0.15, 0.2) is 30.3 Å². The molecule has 1 aromatic carbocycles. The fourth-order valence-electron chi connectivity index (χ4n) is 5.00. The molecule has 3 atom stereocenters. The van der Waals surface area contributed by atoms with Crippen molar-refractivity contribution in [1.82, 2.24) is 20.3 Å². The van der Waals surface area contributed by atoms with Crippen LogP contribution in [-0.2, 0) is 21.1 Å². The monoisotopic (exact) mass is 460 g/mol. The normalized spacial score (nSPS) is 26.9. The van der Waals surface area contributed by atoms with Gasteiger partial charge in [0.15, 0.2) is 0 Å². The molecule has 3 aliphatic heterocycles. The summed E-state index contributed by atoms with van der Waals surface area (Å²) >= 11 is 0. The lowest BCUT2D eigenvalue weighted by Crippen LogP contribution is -2.70. The van der Waals surface area contributed by atoms with Crippen LogP contribution in [0.4, 0.5) is 9.59 Å². The molecule has 0 saturated carbocycles. The summed E-state index contributed by atoms with van der Waals surface area (Å²) in [6.45, 7) is 7.07. The molecule has 10 nitrogen and oxygen atoms in total. The number of benzene rings is 1. The number of piperidine rings is 1. The molecule has 4 amide bonds. The summed E-state index contributed by atoms with van der Waals surface area (Å²) in [4.78, 5) is 51.6. The summed E-state index contributed by atoms with van der Waals surface area (Å²) < 4.78 is 0. The number of nitrogens with zero attached hydrogens (tertiary/aromatic N) is 3. The Balaban J connectivity index is 1.32. The molecule has 3 saturated heterocycles. The number of carbonyl (C=O) groups is 3. The van der Waals surface area contributed by atoms with Crippen LogP contribution in [0.5, 0.6) is 0 Å². The van der Waals surface area contributed by atoms with Crippen molar-refractivity contribution >= 4 is 18.0 Å². The lowest BCUT2D eigenvalue weighted by atomic mass is 9.66. The summed E-state index contributed by atoms with van der Waals surface area (Å²) in [5.41, 5.74) is 2.35. The Morgan fingerprint density at radius 3 is 2.55 bits per heavy atom. The van der Waals surface area contributed by atoms with Crippen molar-refractivity contribution in [3.05, 3.63) is 35.9 Å². The van der Waals surface area contributed by atoms with Gasteiger partial charge in [0, 0.05) is 13.1 Å². The number of rotatable bonds is 7. The fraction of sp³-hybridized carbons (Fsp3) is 0.609. The summed E-state index contributed by atoms with van der Waals surface area (Å²) in [6.07, 6.45) is 0.806. The van der Waals surface area contributed by atoms with Gasteiger partial charge in [-0.25, -0.2) is 15.1 Å². The number of hydrogen-bond donors (Lipinski definition) is 2. The van der Waals surface area contributed by atoms with Crippen LogP contribution in [0.1, 0.15) is 45.6 Å². The number of hydroxylamine groups is 3. The number of urea groups is 1. The van der Waals surface area contributed by atoms with E-state index in [0.717, 1.165) is 5.56 Å². The minimum absolute atomic E-state index is 0.0458. The average Bonchev–Trinajstić information content (AvgIpc) is 2.97. The average molecular weight is 461 g/mol. The van der Waals surface area contributed by atoms with Gasteiger partial charge in [0.1, 0.15) is 12.6 Å². The topological polar surface area (TPSA) is 112 Å². The van der Waals surface area contributed by atoms with Gasteiger partial charge in [0.2, 0.25) is 0 Å². The maximum absolute atomic E-state index is 12.9. The van der Waals surface area contributed by atoms with Crippen LogP contribution < -0.4 is 5.48 Å². The first-order valence-electron chi connectivity index (χ1n) is 11.3. The summed E-state index contributed by atoms with van der Waals surface area (Å²) in [6, 6.07) is 8.54. The van der Waals surface area contributed by atoms with E-state index in [1.54, 1.807) is 0 Å². The third-order valence-corrected chi connectivity index (χ3v) is 7.22. The van der Waals surface area contributed by atoms with Crippen molar-refractivity contribution in [2.45, 2.75) is 64.3 Å². The largest absolute Gasteiger partial charge is 0.465 e. The van der Waals surface area contributed by atoms with Crippen LogP contribution >= 0.6 is 0 Å². The van der Waals surface area contributed by atoms with Gasteiger partial charge in [-0.15, -0.1) is 0 Å². The highest BCUT2D eigenvalue weighted by atomic mass is 16.7. The van der Waals surface area contributed by atoms with E-state index in [0.29, 0.717) is 32.4 Å². The molecular weight excluding hydrogens is 428 g/mol. The molecule has 1 aromatic rings. The Bertz CT molecular complexity index is 904. The molecule has 33 heavy (non-hydrogen) atoms. The number of amides is 4. The lowest BCUT2D eigenvalue weighted by Gasteiger charge is -2.58. The van der Waals surface area contributed by atoms with Gasteiger partial charge in [-0.1, -0.05) is 51.1 Å². The van der Waals surface area contributed by atoms with Crippen LogP contribution in [0, 0.1) is 5.41 Å². The van der Waals surface area contributed by atoms with Crippen LogP contribution in [-0.4, -0.2) is 75.3 Å².